The highest BCUT2D eigenvalue weighted by molar-refractivity contribution is 7.89. The number of aromatic nitrogens is 2. The Morgan fingerprint density at radius 1 is 1.13 bits per heavy atom. The van der Waals surface area contributed by atoms with Crippen LogP contribution >= 0.6 is 0 Å². The minimum Gasteiger partial charge on any atom is -0.444 e. The molecule has 3 aliphatic rings. The van der Waals surface area contributed by atoms with Gasteiger partial charge >= 0.3 is 6.09 Å². The van der Waals surface area contributed by atoms with Crippen molar-refractivity contribution in [2.24, 2.45) is 0 Å². The average molecular weight is 561 g/mol. The second-order valence-electron chi connectivity index (χ2n) is 12.7. The van der Waals surface area contributed by atoms with E-state index in [1.807, 2.05) is 46.4 Å². The highest BCUT2D eigenvalue weighted by Crippen LogP contribution is 2.37. The Kier molecular flexibility index (Phi) is 6.85. The molecule has 0 aromatic carbocycles. The number of carbonyl (C=O) groups excluding carboxylic acids is 2. The molecular weight excluding hydrogens is 520 g/mol. The number of amides is 2. The van der Waals surface area contributed by atoms with Crippen molar-refractivity contribution >= 4 is 33.4 Å². The Labute approximate surface area is 230 Å². The monoisotopic (exact) mass is 560 g/mol. The number of rotatable bonds is 6. The Balaban J connectivity index is 1.51. The Morgan fingerprint density at radius 2 is 1.77 bits per heavy atom. The topological polar surface area (TPSA) is 125 Å². The first kappa shape index (κ1) is 27.7. The zero-order valence-electron chi connectivity index (χ0n) is 23.7. The zero-order chi connectivity index (χ0) is 28.3. The van der Waals surface area contributed by atoms with Crippen molar-refractivity contribution in [3.05, 3.63) is 24.2 Å². The van der Waals surface area contributed by atoms with Crippen molar-refractivity contribution < 1.29 is 22.7 Å². The number of fused-ring (bicyclic) bond motifs is 1. The van der Waals surface area contributed by atoms with Crippen molar-refractivity contribution in [2.45, 2.75) is 108 Å². The molecule has 0 spiro atoms. The van der Waals surface area contributed by atoms with Gasteiger partial charge < -0.3 is 15.0 Å². The van der Waals surface area contributed by atoms with Crippen molar-refractivity contribution in [3.63, 3.8) is 0 Å². The van der Waals surface area contributed by atoms with E-state index in [1.54, 1.807) is 15.4 Å². The lowest BCUT2D eigenvalue weighted by atomic mass is 9.93. The minimum absolute atomic E-state index is 0.0729. The van der Waals surface area contributed by atoms with E-state index in [0.717, 1.165) is 32.1 Å². The number of hydrogen-bond acceptors (Lipinski definition) is 7. The third-order valence-electron chi connectivity index (χ3n) is 7.79. The molecule has 2 amide bonds. The van der Waals surface area contributed by atoms with E-state index >= 15 is 0 Å². The van der Waals surface area contributed by atoms with E-state index in [2.05, 4.69) is 15.0 Å². The van der Waals surface area contributed by atoms with Gasteiger partial charge in [-0.15, -0.1) is 0 Å². The quantitative estimate of drug-likeness (QED) is 0.555. The van der Waals surface area contributed by atoms with Gasteiger partial charge in [-0.05, 0) is 79.7 Å². The lowest BCUT2D eigenvalue weighted by molar-refractivity contribution is 0.00566. The van der Waals surface area contributed by atoms with Gasteiger partial charge in [0.1, 0.15) is 16.2 Å². The summed E-state index contributed by atoms with van der Waals surface area (Å²) in [5.74, 6) is -0.272. The van der Waals surface area contributed by atoms with Crippen molar-refractivity contribution in [3.8, 4) is 0 Å². The molecular formula is C27H40N6O5S. The lowest BCUT2D eigenvalue weighted by Gasteiger charge is -2.45. The molecule has 0 radical (unpaired) electrons. The molecule has 1 saturated heterocycles. The van der Waals surface area contributed by atoms with Crippen LogP contribution in [0.25, 0.3) is 5.65 Å². The molecule has 214 valence electrons. The van der Waals surface area contributed by atoms with Crippen LogP contribution in [-0.2, 0) is 14.8 Å². The molecule has 3 fully saturated rings. The van der Waals surface area contributed by atoms with E-state index < -0.39 is 21.2 Å². The summed E-state index contributed by atoms with van der Waals surface area (Å²) in [5, 5.41) is 3.03. The molecule has 2 aromatic rings. The SMILES string of the molecule is C[C@H]1CN(c2cc(S(=O)(=O)NC3(C)CC3)cn3c(C(=O)NC4CCC4)cnc23)C[C@H](C)N1C(=O)OC(C)(C)C. The zero-order valence-corrected chi connectivity index (χ0v) is 24.5. The van der Waals surface area contributed by atoms with Gasteiger partial charge in [0.25, 0.3) is 5.91 Å². The maximum absolute atomic E-state index is 13.5. The van der Waals surface area contributed by atoms with Gasteiger partial charge in [-0.2, -0.15) is 0 Å². The maximum Gasteiger partial charge on any atom is 0.410 e. The minimum atomic E-state index is -3.86. The van der Waals surface area contributed by atoms with Gasteiger partial charge in [0.2, 0.25) is 10.0 Å². The summed E-state index contributed by atoms with van der Waals surface area (Å²) in [4.78, 5) is 34.5. The summed E-state index contributed by atoms with van der Waals surface area (Å²) in [6, 6.07) is 1.35. The second kappa shape index (κ2) is 9.65. The van der Waals surface area contributed by atoms with Crippen LogP contribution in [0.1, 0.15) is 84.1 Å². The first-order valence-corrected chi connectivity index (χ1v) is 15.3. The van der Waals surface area contributed by atoms with E-state index in [4.69, 9.17) is 4.74 Å². The first-order valence-electron chi connectivity index (χ1n) is 13.8. The summed E-state index contributed by atoms with van der Waals surface area (Å²) < 4.78 is 37.0. The average Bonchev–Trinajstić information content (AvgIpc) is 3.33. The highest BCUT2D eigenvalue weighted by Gasteiger charge is 2.42. The fourth-order valence-electron chi connectivity index (χ4n) is 5.27. The fraction of sp³-hybridized carbons (Fsp3) is 0.667. The third kappa shape index (κ3) is 5.72. The number of nitrogens with one attached hydrogen (secondary N) is 2. The van der Waals surface area contributed by atoms with Crippen LogP contribution in [0.4, 0.5) is 10.5 Å². The number of pyridine rings is 1. The number of hydrogen-bond donors (Lipinski definition) is 2. The predicted molar refractivity (Wildman–Crippen MR) is 147 cm³/mol. The second-order valence-corrected chi connectivity index (χ2v) is 14.3. The molecule has 2 N–H and O–H groups in total. The third-order valence-corrected chi connectivity index (χ3v) is 9.39. The lowest BCUT2D eigenvalue weighted by Crippen LogP contribution is -2.59. The molecule has 39 heavy (non-hydrogen) atoms. The van der Waals surface area contributed by atoms with E-state index in [-0.39, 0.29) is 35.0 Å². The molecule has 2 aromatic heterocycles. The van der Waals surface area contributed by atoms with Crippen molar-refractivity contribution in [2.75, 3.05) is 18.0 Å². The molecule has 2 aliphatic carbocycles. The van der Waals surface area contributed by atoms with Gasteiger partial charge in [0.05, 0.1) is 24.0 Å². The van der Waals surface area contributed by atoms with Crippen molar-refractivity contribution in [1.29, 1.82) is 0 Å². The van der Waals surface area contributed by atoms with Crippen molar-refractivity contribution in [1.82, 2.24) is 24.3 Å². The largest absolute Gasteiger partial charge is 0.444 e. The molecule has 11 nitrogen and oxygen atoms in total. The van der Waals surface area contributed by atoms with Crippen LogP contribution in [-0.4, -0.2) is 77.1 Å². The summed E-state index contributed by atoms with van der Waals surface area (Å²) in [6.07, 6.45) is 7.14. The van der Waals surface area contributed by atoms with E-state index in [9.17, 15) is 18.0 Å². The van der Waals surface area contributed by atoms with Crippen LogP contribution in [0.5, 0.6) is 0 Å². The Bertz CT molecular complexity index is 1380. The standard InChI is InChI=1S/C27H40N6O5S/c1-17-14-31(15-18(2)33(17)25(35)38-26(3,4)5)21-12-20(39(36,37)30-27(6)10-11-27)16-32-22(13-28-23(21)32)24(34)29-19-8-7-9-19/h12-13,16-19,30H,7-11,14-15H2,1-6H3,(H,29,34)/t17-,18-/m0/s1. The summed E-state index contributed by atoms with van der Waals surface area (Å²) in [7, 11) is -3.86. The molecule has 5 rings (SSSR count). The van der Waals surface area contributed by atoms with Crippen LogP contribution in [0.15, 0.2) is 23.4 Å². The fourth-order valence-corrected chi connectivity index (χ4v) is 6.75. The molecule has 12 heteroatoms. The normalized spacial score (nSPS) is 23.4. The Morgan fingerprint density at radius 3 is 2.31 bits per heavy atom. The van der Waals surface area contributed by atoms with E-state index in [0.29, 0.717) is 30.1 Å². The molecule has 0 bridgehead atoms. The summed E-state index contributed by atoms with van der Waals surface area (Å²) in [5.41, 5.74) is 0.330. The maximum atomic E-state index is 13.5. The van der Waals surface area contributed by atoms with Gasteiger partial charge in [0, 0.05) is 30.9 Å². The van der Waals surface area contributed by atoms with Gasteiger partial charge in [-0.25, -0.2) is 22.9 Å². The summed E-state index contributed by atoms with van der Waals surface area (Å²) >= 11 is 0. The Hall–Kier alpha value is -2.86. The molecule has 0 unspecified atom stereocenters. The van der Waals surface area contributed by atoms with Crippen LogP contribution < -0.4 is 14.9 Å². The predicted octanol–water partition coefficient (Wildman–Crippen LogP) is 3.28. The number of carbonyl (C=O) groups is 2. The number of imidazole rings is 1. The number of ether oxygens (including phenoxy) is 1. The van der Waals surface area contributed by atoms with Crippen LogP contribution in [0, 0.1) is 0 Å². The number of anilines is 1. The van der Waals surface area contributed by atoms with Crippen LogP contribution in [0.2, 0.25) is 0 Å². The van der Waals surface area contributed by atoms with Gasteiger partial charge in [-0.1, -0.05) is 0 Å². The smallest absolute Gasteiger partial charge is 0.410 e. The number of sulfonamides is 1. The highest BCUT2D eigenvalue weighted by atomic mass is 32.2. The van der Waals surface area contributed by atoms with Crippen LogP contribution in [0.3, 0.4) is 0 Å². The molecule has 3 heterocycles. The van der Waals surface area contributed by atoms with Gasteiger partial charge in [-0.3, -0.25) is 14.1 Å². The number of piperazine rings is 1. The molecule has 2 atom stereocenters. The molecule has 2 saturated carbocycles. The summed E-state index contributed by atoms with van der Waals surface area (Å²) in [6.45, 7) is 12.2. The molecule has 1 aliphatic heterocycles. The van der Waals surface area contributed by atoms with Gasteiger partial charge in [0.15, 0.2) is 5.65 Å². The first-order chi connectivity index (χ1) is 18.2. The number of nitrogens with zero attached hydrogens (tertiary/aromatic N) is 4. The van der Waals surface area contributed by atoms with E-state index in [1.165, 1.54) is 12.4 Å².